The van der Waals surface area contributed by atoms with Crippen molar-refractivity contribution in [3.05, 3.63) is 77.6 Å². The van der Waals surface area contributed by atoms with E-state index in [1.165, 1.54) is 43.5 Å². The largest absolute Gasteiger partial charge is 0.495 e. The molecule has 0 aliphatic rings. The normalized spacial score (nSPS) is 10.4. The molecule has 0 atom stereocenters. The first-order chi connectivity index (χ1) is 17.8. The highest BCUT2D eigenvalue weighted by molar-refractivity contribution is 6.00. The Hall–Kier alpha value is -4.64. The van der Waals surface area contributed by atoms with Gasteiger partial charge in [-0.25, -0.2) is 14.0 Å². The van der Waals surface area contributed by atoms with Gasteiger partial charge in [-0.15, -0.1) is 0 Å². The van der Waals surface area contributed by atoms with Crippen LogP contribution in [0.2, 0.25) is 0 Å². The summed E-state index contributed by atoms with van der Waals surface area (Å²) < 4.78 is 24.6. The van der Waals surface area contributed by atoms with Gasteiger partial charge < -0.3 is 36.3 Å². The van der Waals surface area contributed by atoms with E-state index in [1.54, 1.807) is 24.3 Å². The van der Waals surface area contributed by atoms with E-state index in [9.17, 15) is 18.8 Å². The molecule has 10 nitrogen and oxygen atoms in total. The first kappa shape index (κ1) is 27.0. The molecule has 3 rings (SSSR count). The zero-order valence-corrected chi connectivity index (χ0v) is 20.0. The van der Waals surface area contributed by atoms with E-state index in [1.807, 2.05) is 0 Å². The molecule has 0 heterocycles. The molecule has 0 aliphatic carbocycles. The van der Waals surface area contributed by atoms with Crippen LogP contribution in [0.3, 0.4) is 0 Å². The highest BCUT2D eigenvalue weighted by atomic mass is 19.1. The smallest absolute Gasteiger partial charge is 0.335 e. The van der Waals surface area contributed by atoms with Crippen molar-refractivity contribution in [3.63, 3.8) is 0 Å². The predicted octanol–water partition coefficient (Wildman–Crippen LogP) is 3.54. The van der Waals surface area contributed by atoms with E-state index in [0.717, 1.165) is 0 Å². The monoisotopic (exact) mass is 510 g/mol. The molecule has 3 aromatic carbocycles. The number of aromatic carboxylic acids is 1. The second kappa shape index (κ2) is 12.9. The van der Waals surface area contributed by atoms with Gasteiger partial charge in [-0.2, -0.15) is 0 Å². The zero-order valence-electron chi connectivity index (χ0n) is 20.0. The van der Waals surface area contributed by atoms with Gasteiger partial charge in [0.25, 0.3) is 0 Å². The molecule has 0 saturated heterocycles. The second-order valence-electron chi connectivity index (χ2n) is 7.89. The van der Waals surface area contributed by atoms with Crippen LogP contribution < -0.4 is 31.2 Å². The fourth-order valence-electron chi connectivity index (χ4n) is 3.35. The number of hydrogen-bond donors (Lipinski definition) is 5. The second-order valence-corrected chi connectivity index (χ2v) is 7.89. The molecule has 0 radical (unpaired) electrons. The van der Waals surface area contributed by atoms with Gasteiger partial charge in [0.15, 0.2) is 5.78 Å². The van der Waals surface area contributed by atoms with E-state index >= 15 is 0 Å². The summed E-state index contributed by atoms with van der Waals surface area (Å²) in [6.07, 6.45) is 0.134. The lowest BCUT2D eigenvalue weighted by Crippen LogP contribution is -2.28. The number of methoxy groups -OCH3 is 1. The van der Waals surface area contributed by atoms with Crippen molar-refractivity contribution in [2.75, 3.05) is 43.2 Å². The molecule has 6 N–H and O–H groups in total. The van der Waals surface area contributed by atoms with Crippen molar-refractivity contribution in [2.24, 2.45) is 0 Å². The average Bonchev–Trinajstić information content (AvgIpc) is 2.86. The Morgan fingerprint density at radius 1 is 0.973 bits per heavy atom. The molecule has 2 amide bonds. The molecule has 37 heavy (non-hydrogen) atoms. The number of para-hydroxylation sites is 1. The lowest BCUT2D eigenvalue weighted by molar-refractivity contribution is -0.117. The fourth-order valence-corrected chi connectivity index (χ4v) is 3.35. The average molecular weight is 511 g/mol. The molecular weight excluding hydrogens is 483 g/mol. The Bertz CT molecular complexity index is 1280. The highest BCUT2D eigenvalue weighted by Crippen LogP contribution is 2.26. The lowest BCUT2D eigenvalue weighted by atomic mass is 10.1. The number of rotatable bonds is 12. The van der Waals surface area contributed by atoms with E-state index < -0.39 is 17.8 Å². The van der Waals surface area contributed by atoms with Crippen LogP contribution in [0.25, 0.3) is 0 Å². The van der Waals surface area contributed by atoms with E-state index in [4.69, 9.17) is 20.3 Å². The third kappa shape index (κ3) is 7.94. The third-order valence-corrected chi connectivity index (χ3v) is 5.15. The summed E-state index contributed by atoms with van der Waals surface area (Å²) in [6.45, 7) is 0.701. The summed E-state index contributed by atoms with van der Waals surface area (Å²) >= 11 is 0. The Kier molecular flexibility index (Phi) is 9.39. The Morgan fingerprint density at radius 3 is 2.43 bits per heavy atom. The number of anilines is 3. The van der Waals surface area contributed by atoms with Crippen molar-refractivity contribution in [1.29, 1.82) is 0 Å². The summed E-state index contributed by atoms with van der Waals surface area (Å²) in [4.78, 5) is 35.6. The number of urea groups is 1. The third-order valence-electron chi connectivity index (χ3n) is 5.15. The van der Waals surface area contributed by atoms with Gasteiger partial charge in [-0.3, -0.25) is 4.79 Å². The van der Waals surface area contributed by atoms with Gasteiger partial charge in [-0.1, -0.05) is 18.2 Å². The number of carbonyl (C=O) groups excluding carboxylic acids is 2. The standard InChI is InChI=1S/C26H27FN4O6/c1-36-24-13-16(6-8-22(24)31-26(35)30-21-5-3-2-4-19(21)27)12-18(32)15-29-10-11-37-23-9-7-17(25(33)34)14-20(23)28/h2-9,13-14,29H,10-12,15,28H2,1H3,(H,33,34)(H2,30,31,35). The summed E-state index contributed by atoms with van der Waals surface area (Å²) in [5, 5.41) is 17.0. The number of hydrogen-bond acceptors (Lipinski definition) is 7. The molecule has 0 saturated carbocycles. The van der Waals surface area contributed by atoms with Gasteiger partial charge in [0, 0.05) is 13.0 Å². The number of ether oxygens (including phenoxy) is 2. The number of amides is 2. The van der Waals surface area contributed by atoms with Crippen LogP contribution in [0.15, 0.2) is 60.7 Å². The van der Waals surface area contributed by atoms with E-state index in [-0.39, 0.29) is 42.3 Å². The van der Waals surface area contributed by atoms with Gasteiger partial charge in [0.1, 0.15) is 23.9 Å². The number of ketones is 1. The van der Waals surface area contributed by atoms with Gasteiger partial charge >= 0.3 is 12.0 Å². The topological polar surface area (TPSA) is 152 Å². The number of carboxylic acid groups (broad SMARTS) is 1. The molecule has 3 aromatic rings. The fraction of sp³-hybridized carbons (Fsp3) is 0.192. The maximum absolute atomic E-state index is 13.7. The molecular formula is C26H27FN4O6. The van der Waals surface area contributed by atoms with Crippen LogP contribution in [-0.4, -0.2) is 49.7 Å². The Morgan fingerprint density at radius 2 is 1.73 bits per heavy atom. The SMILES string of the molecule is COc1cc(CC(=O)CNCCOc2ccc(C(=O)O)cc2N)ccc1NC(=O)Nc1ccccc1F. The number of carboxylic acids is 1. The maximum atomic E-state index is 13.7. The Balaban J connectivity index is 1.44. The van der Waals surface area contributed by atoms with Crippen LogP contribution in [0.1, 0.15) is 15.9 Å². The number of nitrogens with one attached hydrogen (secondary N) is 3. The number of carbonyl (C=O) groups is 3. The summed E-state index contributed by atoms with van der Waals surface area (Å²) in [5.74, 6) is -1.00. The molecule has 0 unspecified atom stereocenters. The summed E-state index contributed by atoms with van der Waals surface area (Å²) in [7, 11) is 1.43. The number of halogens is 1. The number of benzene rings is 3. The van der Waals surface area contributed by atoms with Crippen LogP contribution in [0.5, 0.6) is 11.5 Å². The summed E-state index contributed by atoms with van der Waals surface area (Å²) in [6, 6.07) is 14.3. The quantitative estimate of drug-likeness (QED) is 0.183. The van der Waals surface area contributed by atoms with E-state index in [2.05, 4.69) is 16.0 Å². The minimum atomic E-state index is -1.08. The van der Waals surface area contributed by atoms with Crippen molar-refractivity contribution < 1.29 is 33.4 Å². The van der Waals surface area contributed by atoms with Crippen LogP contribution in [0, 0.1) is 5.82 Å². The number of Topliss-reactive ketones (excluding diaryl/α,β-unsaturated/α-hetero) is 1. The highest BCUT2D eigenvalue weighted by Gasteiger charge is 2.12. The molecule has 0 bridgehead atoms. The van der Waals surface area contributed by atoms with Crippen molar-refractivity contribution in [3.8, 4) is 11.5 Å². The number of nitrogen functional groups attached to an aromatic ring is 1. The minimum absolute atomic E-state index is 0.0404. The minimum Gasteiger partial charge on any atom is -0.495 e. The number of nitrogens with two attached hydrogens (primary N) is 1. The molecule has 194 valence electrons. The first-order valence-corrected chi connectivity index (χ1v) is 11.2. The van der Waals surface area contributed by atoms with Crippen molar-refractivity contribution >= 4 is 34.8 Å². The lowest BCUT2D eigenvalue weighted by Gasteiger charge is -2.13. The Labute approximate surface area is 212 Å². The van der Waals surface area contributed by atoms with Gasteiger partial charge in [0.2, 0.25) is 0 Å². The van der Waals surface area contributed by atoms with Crippen LogP contribution >= 0.6 is 0 Å². The zero-order chi connectivity index (χ0) is 26.8. The van der Waals surface area contributed by atoms with Crippen LogP contribution in [0.4, 0.5) is 26.2 Å². The van der Waals surface area contributed by atoms with Crippen molar-refractivity contribution in [2.45, 2.75) is 6.42 Å². The maximum Gasteiger partial charge on any atom is 0.335 e. The molecule has 0 fully saturated rings. The summed E-state index contributed by atoms with van der Waals surface area (Å²) in [5.41, 5.74) is 7.17. The van der Waals surface area contributed by atoms with E-state index in [0.29, 0.717) is 29.3 Å². The van der Waals surface area contributed by atoms with Crippen molar-refractivity contribution in [1.82, 2.24) is 5.32 Å². The molecule has 0 aromatic heterocycles. The van der Waals surface area contributed by atoms with Crippen LogP contribution in [-0.2, 0) is 11.2 Å². The molecule has 0 spiro atoms. The van der Waals surface area contributed by atoms with Gasteiger partial charge in [-0.05, 0) is 48.0 Å². The first-order valence-electron chi connectivity index (χ1n) is 11.2. The molecule has 0 aliphatic heterocycles. The van der Waals surface area contributed by atoms with Gasteiger partial charge in [0.05, 0.1) is 36.3 Å². The predicted molar refractivity (Wildman–Crippen MR) is 137 cm³/mol. The molecule has 11 heteroatoms.